The number of hydrogen-bond donors (Lipinski definition) is 2. The molecule has 21 heavy (non-hydrogen) atoms. The molecule has 120 valence electrons. The van der Waals surface area contributed by atoms with E-state index in [1.165, 1.54) is 6.92 Å². The van der Waals surface area contributed by atoms with Crippen LogP contribution in [0.4, 0.5) is 13.2 Å². The second-order valence-electron chi connectivity index (χ2n) is 4.22. The molecule has 0 spiro atoms. The minimum Gasteiger partial charge on any atom is -0.392 e. The number of rotatable bonds is 8. The van der Waals surface area contributed by atoms with E-state index in [2.05, 4.69) is 9.46 Å². The first-order valence-corrected chi connectivity index (χ1v) is 7.51. The number of aliphatic hydroxyl groups is 1. The van der Waals surface area contributed by atoms with Crippen LogP contribution in [0.15, 0.2) is 17.0 Å². The summed E-state index contributed by atoms with van der Waals surface area (Å²) >= 11 is 0. The zero-order chi connectivity index (χ0) is 16.0. The number of halogens is 3. The number of aliphatic hydroxyl groups excluding tert-OH is 1. The van der Waals surface area contributed by atoms with Gasteiger partial charge in [0, 0.05) is 12.1 Å². The smallest absolute Gasteiger partial charge is 0.261 e. The Morgan fingerprint density at radius 2 is 2.05 bits per heavy atom. The summed E-state index contributed by atoms with van der Waals surface area (Å²) in [4.78, 5) is -0.305. The molecule has 0 radical (unpaired) electrons. The highest BCUT2D eigenvalue weighted by atomic mass is 32.2. The maximum atomic E-state index is 13.6. The molecular formula is C12H16F3NO4S. The van der Waals surface area contributed by atoms with E-state index in [-0.39, 0.29) is 29.2 Å². The number of sulfonamides is 1. The fraction of sp³-hybridized carbons (Fsp3) is 0.500. The molecular weight excluding hydrogens is 311 g/mol. The Morgan fingerprint density at radius 3 is 2.62 bits per heavy atom. The van der Waals surface area contributed by atoms with Crippen LogP contribution < -0.4 is 4.72 Å². The Morgan fingerprint density at radius 1 is 1.38 bits per heavy atom. The van der Waals surface area contributed by atoms with Gasteiger partial charge in [-0.1, -0.05) is 0 Å². The zero-order valence-corrected chi connectivity index (χ0v) is 12.1. The van der Waals surface area contributed by atoms with Crippen molar-refractivity contribution in [3.63, 3.8) is 0 Å². The van der Waals surface area contributed by atoms with Crippen molar-refractivity contribution in [2.24, 2.45) is 0 Å². The van der Waals surface area contributed by atoms with Crippen molar-refractivity contribution in [2.45, 2.75) is 24.9 Å². The topological polar surface area (TPSA) is 75.6 Å². The lowest BCUT2D eigenvalue weighted by Gasteiger charge is -2.11. The number of nitrogens with one attached hydrogen (secondary N) is 1. The summed E-state index contributed by atoms with van der Waals surface area (Å²) < 4.78 is 67.9. The predicted octanol–water partition coefficient (Wildman–Crippen LogP) is 1.19. The fourth-order valence-electron chi connectivity index (χ4n) is 1.58. The Labute approximate surface area is 120 Å². The van der Waals surface area contributed by atoms with Gasteiger partial charge < -0.3 is 9.84 Å². The Bertz CT molecular complexity index is 578. The van der Waals surface area contributed by atoms with Crippen molar-refractivity contribution in [2.75, 3.05) is 19.8 Å². The van der Waals surface area contributed by atoms with E-state index < -0.39 is 35.5 Å². The van der Waals surface area contributed by atoms with Crippen LogP contribution in [0.1, 0.15) is 11.1 Å². The largest absolute Gasteiger partial charge is 0.392 e. The molecule has 0 bridgehead atoms. The summed E-state index contributed by atoms with van der Waals surface area (Å²) in [6.07, 6.45) is -2.63. The van der Waals surface area contributed by atoms with Gasteiger partial charge in [0.1, 0.15) is 12.4 Å². The van der Waals surface area contributed by atoms with Crippen LogP contribution in [0.3, 0.4) is 0 Å². The van der Waals surface area contributed by atoms with E-state index in [0.29, 0.717) is 0 Å². The van der Waals surface area contributed by atoms with Crippen molar-refractivity contribution < 1.29 is 31.4 Å². The third-order valence-electron chi connectivity index (χ3n) is 2.61. The number of benzene rings is 1. The third-order valence-corrected chi connectivity index (χ3v) is 4.20. The molecule has 0 aliphatic heterocycles. The average molecular weight is 327 g/mol. The second kappa shape index (κ2) is 7.74. The van der Waals surface area contributed by atoms with Crippen molar-refractivity contribution in [1.29, 1.82) is 0 Å². The van der Waals surface area contributed by atoms with Gasteiger partial charge in [-0.15, -0.1) is 0 Å². The lowest BCUT2D eigenvalue weighted by Crippen LogP contribution is -2.29. The van der Waals surface area contributed by atoms with Gasteiger partial charge in [-0.05, 0) is 24.6 Å². The molecule has 1 rings (SSSR count). The summed E-state index contributed by atoms with van der Waals surface area (Å²) in [5.41, 5.74) is 0.0284. The molecule has 0 unspecified atom stereocenters. The van der Waals surface area contributed by atoms with Gasteiger partial charge >= 0.3 is 0 Å². The van der Waals surface area contributed by atoms with E-state index in [4.69, 9.17) is 5.11 Å². The quantitative estimate of drug-likeness (QED) is 0.703. The van der Waals surface area contributed by atoms with Gasteiger partial charge in [-0.3, -0.25) is 0 Å². The highest BCUT2D eigenvalue weighted by Crippen LogP contribution is 2.20. The van der Waals surface area contributed by atoms with Crippen LogP contribution in [-0.2, 0) is 21.4 Å². The van der Waals surface area contributed by atoms with Gasteiger partial charge in [-0.2, -0.15) is 0 Å². The van der Waals surface area contributed by atoms with Gasteiger partial charge in [0.25, 0.3) is 6.43 Å². The normalized spacial score (nSPS) is 12.1. The number of hydrogen-bond acceptors (Lipinski definition) is 4. The summed E-state index contributed by atoms with van der Waals surface area (Å²) in [5, 5.41) is 8.97. The van der Waals surface area contributed by atoms with Crippen molar-refractivity contribution in [3.8, 4) is 0 Å². The SMILES string of the molecule is Cc1c(F)cc(CO)cc1S(=O)(=O)NCCOCC(F)F. The highest BCUT2D eigenvalue weighted by molar-refractivity contribution is 7.89. The lowest BCUT2D eigenvalue weighted by molar-refractivity contribution is 0.0199. The maximum absolute atomic E-state index is 13.6. The number of ether oxygens (including phenoxy) is 1. The van der Waals surface area contributed by atoms with E-state index in [1.807, 2.05) is 0 Å². The van der Waals surface area contributed by atoms with Crippen molar-refractivity contribution in [3.05, 3.63) is 29.1 Å². The molecule has 0 aliphatic carbocycles. The Hall–Kier alpha value is -1.16. The summed E-state index contributed by atoms with van der Waals surface area (Å²) in [6.45, 7) is -0.449. The van der Waals surface area contributed by atoms with Crippen LogP contribution in [0.2, 0.25) is 0 Å². The molecule has 0 heterocycles. The Balaban J connectivity index is 2.76. The molecule has 1 aromatic rings. The molecule has 0 aromatic heterocycles. The molecule has 5 nitrogen and oxygen atoms in total. The first-order valence-electron chi connectivity index (χ1n) is 6.03. The Kier molecular flexibility index (Phi) is 6.59. The molecule has 9 heteroatoms. The van der Waals surface area contributed by atoms with Gasteiger partial charge in [0.2, 0.25) is 10.0 Å². The molecule has 0 aliphatic rings. The highest BCUT2D eigenvalue weighted by Gasteiger charge is 2.19. The summed E-state index contributed by atoms with van der Waals surface area (Å²) in [6, 6.07) is 2.20. The van der Waals surface area contributed by atoms with Crippen LogP contribution in [0, 0.1) is 12.7 Å². The van der Waals surface area contributed by atoms with Gasteiger partial charge in [0.05, 0.1) is 18.1 Å². The molecule has 1 aromatic carbocycles. The zero-order valence-electron chi connectivity index (χ0n) is 11.3. The molecule has 0 atom stereocenters. The minimum absolute atomic E-state index is 0.0896. The molecule has 0 amide bonds. The maximum Gasteiger partial charge on any atom is 0.261 e. The third kappa shape index (κ3) is 5.27. The predicted molar refractivity (Wildman–Crippen MR) is 69.1 cm³/mol. The molecule has 0 fully saturated rings. The molecule has 2 N–H and O–H groups in total. The monoisotopic (exact) mass is 327 g/mol. The average Bonchev–Trinajstić information content (AvgIpc) is 2.40. The van der Waals surface area contributed by atoms with E-state index >= 15 is 0 Å². The first-order chi connectivity index (χ1) is 9.77. The van der Waals surface area contributed by atoms with E-state index in [1.54, 1.807) is 0 Å². The van der Waals surface area contributed by atoms with Gasteiger partial charge in [-0.25, -0.2) is 26.3 Å². The van der Waals surface area contributed by atoms with Crippen LogP contribution in [-0.4, -0.2) is 39.7 Å². The van der Waals surface area contributed by atoms with E-state index in [0.717, 1.165) is 12.1 Å². The van der Waals surface area contributed by atoms with Crippen molar-refractivity contribution in [1.82, 2.24) is 4.72 Å². The fourth-order valence-corrected chi connectivity index (χ4v) is 2.89. The van der Waals surface area contributed by atoms with E-state index in [9.17, 15) is 21.6 Å². The van der Waals surface area contributed by atoms with Crippen LogP contribution in [0.25, 0.3) is 0 Å². The van der Waals surface area contributed by atoms with Crippen LogP contribution in [0.5, 0.6) is 0 Å². The second-order valence-corrected chi connectivity index (χ2v) is 5.96. The summed E-state index contributed by atoms with van der Waals surface area (Å²) in [7, 11) is -4.02. The molecule has 0 saturated heterocycles. The first kappa shape index (κ1) is 17.9. The van der Waals surface area contributed by atoms with Gasteiger partial charge in [0.15, 0.2) is 0 Å². The van der Waals surface area contributed by atoms with Crippen molar-refractivity contribution >= 4 is 10.0 Å². The lowest BCUT2D eigenvalue weighted by atomic mass is 10.1. The number of alkyl halides is 2. The van der Waals surface area contributed by atoms with Crippen LogP contribution >= 0.6 is 0 Å². The minimum atomic E-state index is -4.02. The summed E-state index contributed by atoms with van der Waals surface area (Å²) in [5.74, 6) is -0.754. The standard InChI is InChI=1S/C12H16F3NO4S/c1-8-10(13)4-9(6-17)5-11(8)21(18,19)16-2-3-20-7-12(14)15/h4-5,12,16-17H,2-3,6-7H2,1H3. The molecule has 0 saturated carbocycles.